The van der Waals surface area contributed by atoms with E-state index in [0.717, 1.165) is 31.5 Å². The first-order valence-corrected chi connectivity index (χ1v) is 6.61. The Hall–Kier alpha value is -1.56. The number of hydrogen-bond acceptors (Lipinski definition) is 2. The molecule has 6 heteroatoms. The summed E-state index contributed by atoms with van der Waals surface area (Å²) in [6.45, 7) is 3.43. The zero-order valence-corrected chi connectivity index (χ0v) is 11.4. The summed E-state index contributed by atoms with van der Waals surface area (Å²) in [4.78, 5) is 11.6. The van der Waals surface area contributed by atoms with Gasteiger partial charge in [-0.25, -0.2) is 0 Å². The quantitative estimate of drug-likeness (QED) is 0.755. The summed E-state index contributed by atoms with van der Waals surface area (Å²) in [7, 11) is 0. The van der Waals surface area contributed by atoms with Gasteiger partial charge in [-0.1, -0.05) is 19.4 Å². The van der Waals surface area contributed by atoms with Crippen molar-refractivity contribution in [1.82, 2.24) is 5.32 Å². The maximum absolute atomic E-state index is 12.5. The first kappa shape index (κ1) is 16.5. The fraction of sp³-hybridized carbons (Fsp3) is 0.500. The van der Waals surface area contributed by atoms with Gasteiger partial charge in [-0.15, -0.1) is 0 Å². The van der Waals surface area contributed by atoms with E-state index in [0.29, 0.717) is 6.54 Å². The van der Waals surface area contributed by atoms with Crippen LogP contribution in [-0.4, -0.2) is 19.0 Å². The SMILES string of the molecule is CCCCNCCC(=O)Nc1cccc(C(F)(F)F)c1. The standard InChI is InChI=1S/C14H19F3N2O/c1-2-3-8-18-9-7-13(20)19-12-6-4-5-11(10-12)14(15,16)17/h4-6,10,18H,2-3,7-9H2,1H3,(H,19,20). The van der Waals surface area contributed by atoms with Crippen LogP contribution in [0.15, 0.2) is 24.3 Å². The van der Waals surface area contributed by atoms with Crippen LogP contribution in [0, 0.1) is 0 Å². The molecule has 0 aliphatic carbocycles. The van der Waals surface area contributed by atoms with Crippen molar-refractivity contribution in [1.29, 1.82) is 0 Å². The molecular weight excluding hydrogens is 269 g/mol. The summed E-state index contributed by atoms with van der Waals surface area (Å²) in [6.07, 6.45) is -2.05. The predicted octanol–water partition coefficient (Wildman–Crippen LogP) is 3.42. The van der Waals surface area contributed by atoms with Crippen molar-refractivity contribution < 1.29 is 18.0 Å². The molecule has 0 unspecified atom stereocenters. The van der Waals surface area contributed by atoms with Crippen LogP contribution in [0.1, 0.15) is 31.7 Å². The Bertz CT molecular complexity index is 433. The number of carbonyl (C=O) groups is 1. The molecule has 0 radical (unpaired) electrons. The zero-order valence-electron chi connectivity index (χ0n) is 11.4. The van der Waals surface area contributed by atoms with Crippen LogP contribution in [0.2, 0.25) is 0 Å². The summed E-state index contributed by atoms with van der Waals surface area (Å²) in [5.74, 6) is -0.298. The second-order valence-corrected chi connectivity index (χ2v) is 4.48. The average molecular weight is 288 g/mol. The van der Waals surface area contributed by atoms with E-state index in [1.165, 1.54) is 12.1 Å². The Balaban J connectivity index is 2.42. The minimum Gasteiger partial charge on any atom is -0.326 e. The van der Waals surface area contributed by atoms with Crippen LogP contribution in [0.3, 0.4) is 0 Å². The molecule has 0 aliphatic heterocycles. The third kappa shape index (κ3) is 6.06. The summed E-state index contributed by atoms with van der Waals surface area (Å²) in [5.41, 5.74) is -0.602. The molecule has 0 saturated heterocycles. The van der Waals surface area contributed by atoms with Gasteiger partial charge in [-0.2, -0.15) is 13.2 Å². The molecular formula is C14H19F3N2O. The number of benzene rings is 1. The van der Waals surface area contributed by atoms with E-state index < -0.39 is 11.7 Å². The number of rotatable bonds is 7. The lowest BCUT2D eigenvalue weighted by molar-refractivity contribution is -0.137. The van der Waals surface area contributed by atoms with Crippen molar-refractivity contribution in [2.75, 3.05) is 18.4 Å². The number of anilines is 1. The molecule has 0 heterocycles. The Kier molecular flexibility index (Phi) is 6.51. The topological polar surface area (TPSA) is 41.1 Å². The molecule has 1 aromatic carbocycles. The first-order valence-electron chi connectivity index (χ1n) is 6.61. The lowest BCUT2D eigenvalue weighted by Gasteiger charge is -2.10. The summed E-state index contributed by atoms with van der Waals surface area (Å²) in [5, 5.41) is 5.56. The van der Waals surface area contributed by atoms with E-state index in [9.17, 15) is 18.0 Å². The number of unbranched alkanes of at least 4 members (excludes halogenated alkanes) is 1. The number of nitrogens with one attached hydrogen (secondary N) is 2. The Morgan fingerprint density at radius 2 is 2.00 bits per heavy atom. The molecule has 0 aliphatic rings. The minimum atomic E-state index is -4.40. The highest BCUT2D eigenvalue weighted by Crippen LogP contribution is 2.30. The molecule has 0 saturated carbocycles. The molecule has 2 N–H and O–H groups in total. The van der Waals surface area contributed by atoms with Crippen molar-refractivity contribution in [3.8, 4) is 0 Å². The second kappa shape index (κ2) is 7.89. The molecule has 0 fully saturated rings. The third-order valence-electron chi connectivity index (χ3n) is 2.71. The predicted molar refractivity (Wildman–Crippen MR) is 72.5 cm³/mol. The number of halogens is 3. The van der Waals surface area contributed by atoms with Gasteiger partial charge in [0.2, 0.25) is 5.91 Å². The van der Waals surface area contributed by atoms with Crippen molar-refractivity contribution in [2.45, 2.75) is 32.4 Å². The maximum Gasteiger partial charge on any atom is 0.416 e. The van der Waals surface area contributed by atoms with Crippen LogP contribution >= 0.6 is 0 Å². The van der Waals surface area contributed by atoms with Gasteiger partial charge in [0, 0.05) is 18.7 Å². The van der Waals surface area contributed by atoms with Gasteiger partial charge in [-0.05, 0) is 31.2 Å². The van der Waals surface area contributed by atoms with Gasteiger partial charge in [0.05, 0.1) is 5.56 Å². The van der Waals surface area contributed by atoms with E-state index in [1.807, 2.05) is 0 Å². The maximum atomic E-state index is 12.5. The van der Waals surface area contributed by atoms with Crippen molar-refractivity contribution in [2.24, 2.45) is 0 Å². The van der Waals surface area contributed by atoms with Crippen LogP contribution < -0.4 is 10.6 Å². The van der Waals surface area contributed by atoms with Gasteiger partial charge >= 0.3 is 6.18 Å². The van der Waals surface area contributed by atoms with Crippen LogP contribution in [0.5, 0.6) is 0 Å². The van der Waals surface area contributed by atoms with Gasteiger partial charge in [-0.3, -0.25) is 4.79 Å². The van der Waals surface area contributed by atoms with E-state index in [-0.39, 0.29) is 18.0 Å². The molecule has 1 rings (SSSR count). The number of alkyl halides is 3. The number of carbonyl (C=O) groups excluding carboxylic acids is 1. The molecule has 112 valence electrons. The van der Waals surface area contributed by atoms with Crippen LogP contribution in [0.4, 0.5) is 18.9 Å². The average Bonchev–Trinajstić information content (AvgIpc) is 2.38. The van der Waals surface area contributed by atoms with Gasteiger partial charge < -0.3 is 10.6 Å². The highest BCUT2D eigenvalue weighted by Gasteiger charge is 2.30. The number of amides is 1. The smallest absolute Gasteiger partial charge is 0.326 e. The highest BCUT2D eigenvalue weighted by molar-refractivity contribution is 5.90. The molecule has 20 heavy (non-hydrogen) atoms. The summed E-state index contributed by atoms with van der Waals surface area (Å²) >= 11 is 0. The van der Waals surface area contributed by atoms with Crippen LogP contribution in [-0.2, 0) is 11.0 Å². The zero-order chi connectivity index (χ0) is 15.0. The fourth-order valence-electron chi connectivity index (χ4n) is 1.63. The fourth-order valence-corrected chi connectivity index (χ4v) is 1.63. The van der Waals surface area contributed by atoms with Gasteiger partial charge in [0.15, 0.2) is 0 Å². The molecule has 3 nitrogen and oxygen atoms in total. The highest BCUT2D eigenvalue weighted by atomic mass is 19.4. The Morgan fingerprint density at radius 1 is 1.25 bits per heavy atom. The first-order chi connectivity index (χ1) is 9.43. The largest absolute Gasteiger partial charge is 0.416 e. The van der Waals surface area contributed by atoms with E-state index in [4.69, 9.17) is 0 Å². The Morgan fingerprint density at radius 3 is 2.65 bits per heavy atom. The van der Waals surface area contributed by atoms with E-state index >= 15 is 0 Å². The molecule has 1 aromatic rings. The van der Waals surface area contributed by atoms with Crippen molar-refractivity contribution in [3.05, 3.63) is 29.8 Å². The van der Waals surface area contributed by atoms with Crippen LogP contribution in [0.25, 0.3) is 0 Å². The minimum absolute atomic E-state index is 0.165. The molecule has 1 amide bonds. The van der Waals surface area contributed by atoms with Gasteiger partial charge in [0.25, 0.3) is 0 Å². The molecule has 0 aromatic heterocycles. The monoisotopic (exact) mass is 288 g/mol. The Labute approximate surface area is 116 Å². The van der Waals surface area contributed by atoms with E-state index in [2.05, 4.69) is 17.6 Å². The third-order valence-corrected chi connectivity index (χ3v) is 2.71. The molecule has 0 atom stereocenters. The molecule has 0 spiro atoms. The summed E-state index contributed by atoms with van der Waals surface area (Å²) < 4.78 is 37.5. The summed E-state index contributed by atoms with van der Waals surface area (Å²) in [6, 6.07) is 4.62. The van der Waals surface area contributed by atoms with Gasteiger partial charge in [0.1, 0.15) is 0 Å². The van der Waals surface area contributed by atoms with Crippen molar-refractivity contribution in [3.63, 3.8) is 0 Å². The lowest BCUT2D eigenvalue weighted by Crippen LogP contribution is -2.22. The number of hydrogen-bond donors (Lipinski definition) is 2. The molecule has 0 bridgehead atoms. The second-order valence-electron chi connectivity index (χ2n) is 4.48. The van der Waals surface area contributed by atoms with Crippen molar-refractivity contribution >= 4 is 11.6 Å². The van der Waals surface area contributed by atoms with E-state index in [1.54, 1.807) is 0 Å². The lowest BCUT2D eigenvalue weighted by atomic mass is 10.2. The normalized spacial score (nSPS) is 11.4.